The highest BCUT2D eigenvalue weighted by Gasteiger charge is 2.16. The van der Waals surface area contributed by atoms with Crippen molar-refractivity contribution in [1.29, 1.82) is 0 Å². The average molecular weight is 287 g/mol. The summed E-state index contributed by atoms with van der Waals surface area (Å²) in [6, 6.07) is 7.11. The topological polar surface area (TPSA) is 12.4 Å². The van der Waals surface area contributed by atoms with Crippen molar-refractivity contribution in [3.05, 3.63) is 34.9 Å². The molecule has 1 rings (SSSR count). The van der Waals surface area contributed by atoms with E-state index >= 15 is 0 Å². The largest absolute Gasteiger partial charge is 0.289 e. The van der Waals surface area contributed by atoms with E-state index in [1.54, 1.807) is 0 Å². The van der Waals surface area contributed by atoms with Crippen LogP contribution in [0.2, 0.25) is 0 Å². The lowest BCUT2D eigenvalue weighted by molar-refractivity contribution is 0.390. The molecule has 0 aromatic heterocycles. The van der Waals surface area contributed by atoms with E-state index in [-0.39, 0.29) is 0 Å². The van der Waals surface area contributed by atoms with Gasteiger partial charge < -0.3 is 0 Å². The van der Waals surface area contributed by atoms with Crippen molar-refractivity contribution in [1.82, 2.24) is 0 Å². The van der Waals surface area contributed by atoms with Crippen molar-refractivity contribution in [2.75, 3.05) is 0 Å². The van der Waals surface area contributed by atoms with Crippen molar-refractivity contribution in [3.63, 3.8) is 0 Å². The number of hydrogen-bond acceptors (Lipinski definition) is 1. The zero-order valence-corrected chi connectivity index (χ0v) is 15.0. The van der Waals surface area contributed by atoms with Crippen LogP contribution < -0.4 is 0 Å². The Kier molecular flexibility index (Phi) is 7.14. The predicted octanol–water partition coefficient (Wildman–Crippen LogP) is 5.86. The van der Waals surface area contributed by atoms with Crippen LogP contribution in [0.4, 0.5) is 0 Å². The van der Waals surface area contributed by atoms with Crippen LogP contribution in [-0.4, -0.2) is 12.3 Å². The van der Waals surface area contributed by atoms with Crippen LogP contribution >= 0.6 is 0 Å². The maximum Gasteiger partial charge on any atom is 0.0545 e. The van der Waals surface area contributed by atoms with Crippen LogP contribution in [0.5, 0.6) is 0 Å². The minimum absolute atomic E-state index is 0.402. The van der Waals surface area contributed by atoms with Crippen LogP contribution in [-0.2, 0) is 6.42 Å². The fourth-order valence-electron chi connectivity index (χ4n) is 3.02. The third kappa shape index (κ3) is 4.69. The lowest BCUT2D eigenvalue weighted by Gasteiger charge is -2.21. The molecular formula is C20H33N. The Hall–Kier alpha value is -1.11. The summed E-state index contributed by atoms with van der Waals surface area (Å²) in [4.78, 5) is 4.95. The van der Waals surface area contributed by atoms with Crippen LogP contribution in [0.1, 0.15) is 77.5 Å². The molecule has 0 fully saturated rings. The van der Waals surface area contributed by atoms with E-state index in [0.29, 0.717) is 23.8 Å². The maximum absolute atomic E-state index is 4.95. The van der Waals surface area contributed by atoms with E-state index in [1.807, 2.05) is 0 Å². The second-order valence-corrected chi connectivity index (χ2v) is 6.84. The zero-order chi connectivity index (χ0) is 16.0. The van der Waals surface area contributed by atoms with Crippen LogP contribution in [0.25, 0.3) is 0 Å². The molecule has 0 aliphatic rings. The first-order valence-corrected chi connectivity index (χ1v) is 8.57. The summed E-state index contributed by atoms with van der Waals surface area (Å²) in [5, 5.41) is 0. The highest BCUT2D eigenvalue weighted by molar-refractivity contribution is 5.84. The lowest BCUT2D eigenvalue weighted by atomic mass is 9.90. The molecule has 1 atom stereocenters. The van der Waals surface area contributed by atoms with E-state index in [9.17, 15) is 0 Å². The Labute approximate surface area is 131 Å². The molecule has 0 radical (unpaired) electrons. The minimum Gasteiger partial charge on any atom is -0.289 e. The molecule has 0 heterocycles. The van der Waals surface area contributed by atoms with Gasteiger partial charge in [-0.15, -0.1) is 0 Å². The first-order valence-electron chi connectivity index (χ1n) is 8.57. The van der Waals surface area contributed by atoms with Gasteiger partial charge in [-0.3, -0.25) is 4.99 Å². The molecule has 21 heavy (non-hydrogen) atoms. The molecule has 0 aliphatic heterocycles. The third-order valence-electron chi connectivity index (χ3n) is 4.50. The normalized spacial score (nSPS) is 13.8. The fourth-order valence-corrected chi connectivity index (χ4v) is 3.02. The molecule has 1 unspecified atom stereocenters. The standard InChI is InChI=1S/C20H33N/c1-8-16(7)18-12-10-11-17(9-2)19(18)13-21-20(14(3)4)15(5)6/h10-16,20H,8-9H2,1-7H3/b21-13+. The molecule has 0 N–H and O–H groups in total. The summed E-state index contributed by atoms with van der Waals surface area (Å²) >= 11 is 0. The number of benzene rings is 1. The first-order chi connectivity index (χ1) is 9.92. The van der Waals surface area contributed by atoms with Crippen molar-refractivity contribution >= 4 is 6.21 Å². The Bertz CT molecular complexity index is 449. The summed E-state index contributed by atoms with van der Waals surface area (Å²) in [6.07, 6.45) is 4.40. The van der Waals surface area contributed by atoms with Gasteiger partial charge in [0.2, 0.25) is 0 Å². The summed E-state index contributed by atoms with van der Waals surface area (Å²) < 4.78 is 0. The Morgan fingerprint density at radius 3 is 2.10 bits per heavy atom. The van der Waals surface area contributed by atoms with Gasteiger partial charge in [0.1, 0.15) is 0 Å². The Morgan fingerprint density at radius 1 is 1.00 bits per heavy atom. The highest BCUT2D eigenvalue weighted by Crippen LogP contribution is 2.25. The van der Waals surface area contributed by atoms with Gasteiger partial charge in [0.15, 0.2) is 0 Å². The summed E-state index contributed by atoms with van der Waals surface area (Å²) in [7, 11) is 0. The molecule has 0 saturated carbocycles. The molecule has 1 aromatic carbocycles. The van der Waals surface area contributed by atoms with Gasteiger partial charge in [-0.1, -0.05) is 66.7 Å². The van der Waals surface area contributed by atoms with E-state index in [1.165, 1.54) is 23.1 Å². The highest BCUT2D eigenvalue weighted by atomic mass is 14.8. The van der Waals surface area contributed by atoms with Crippen molar-refractivity contribution in [2.24, 2.45) is 16.8 Å². The van der Waals surface area contributed by atoms with E-state index in [4.69, 9.17) is 4.99 Å². The van der Waals surface area contributed by atoms with Crippen LogP contribution in [0.15, 0.2) is 23.2 Å². The predicted molar refractivity (Wildman–Crippen MR) is 95.6 cm³/mol. The smallest absolute Gasteiger partial charge is 0.0545 e. The molecule has 1 aromatic rings. The number of hydrogen-bond donors (Lipinski definition) is 0. The van der Waals surface area contributed by atoms with E-state index in [2.05, 4.69) is 72.9 Å². The monoisotopic (exact) mass is 287 g/mol. The first kappa shape index (κ1) is 17.9. The fraction of sp³-hybridized carbons (Fsp3) is 0.650. The number of rotatable bonds is 7. The summed E-state index contributed by atoms with van der Waals surface area (Å²) in [5.74, 6) is 1.76. The molecule has 0 aliphatic carbocycles. The van der Waals surface area contributed by atoms with Crippen LogP contribution in [0, 0.1) is 11.8 Å². The SMILES string of the molecule is CCc1cccc(C(C)CC)c1/C=N/C(C(C)C)C(C)C. The van der Waals surface area contributed by atoms with E-state index < -0.39 is 0 Å². The average Bonchev–Trinajstić information content (AvgIpc) is 2.45. The number of nitrogens with zero attached hydrogens (tertiary/aromatic N) is 1. The lowest BCUT2D eigenvalue weighted by Crippen LogP contribution is -2.20. The molecule has 0 amide bonds. The Morgan fingerprint density at radius 2 is 1.62 bits per heavy atom. The Balaban J connectivity index is 3.21. The molecular weight excluding hydrogens is 254 g/mol. The molecule has 0 saturated heterocycles. The van der Waals surface area contributed by atoms with Crippen LogP contribution in [0.3, 0.4) is 0 Å². The quantitative estimate of drug-likeness (QED) is 0.557. The van der Waals surface area contributed by atoms with Gasteiger partial charge in [0.05, 0.1) is 6.04 Å². The van der Waals surface area contributed by atoms with E-state index in [0.717, 1.165) is 6.42 Å². The second-order valence-electron chi connectivity index (χ2n) is 6.84. The maximum atomic E-state index is 4.95. The summed E-state index contributed by atoms with van der Waals surface area (Å²) in [6.45, 7) is 15.9. The van der Waals surface area contributed by atoms with Crippen molar-refractivity contribution < 1.29 is 0 Å². The van der Waals surface area contributed by atoms with Gasteiger partial charge in [0.25, 0.3) is 0 Å². The number of aryl methyl sites for hydroxylation is 1. The van der Waals surface area contributed by atoms with Gasteiger partial charge in [0, 0.05) is 6.21 Å². The molecule has 118 valence electrons. The molecule has 0 bridgehead atoms. The molecule has 1 heteroatoms. The second kappa shape index (κ2) is 8.36. The zero-order valence-electron chi connectivity index (χ0n) is 15.0. The summed E-state index contributed by atoms with van der Waals surface area (Å²) in [5.41, 5.74) is 4.23. The van der Waals surface area contributed by atoms with Gasteiger partial charge in [-0.25, -0.2) is 0 Å². The minimum atomic E-state index is 0.402. The van der Waals surface area contributed by atoms with Gasteiger partial charge >= 0.3 is 0 Å². The molecule has 0 spiro atoms. The third-order valence-corrected chi connectivity index (χ3v) is 4.50. The van der Waals surface area contributed by atoms with Gasteiger partial charge in [-0.05, 0) is 47.3 Å². The number of aliphatic imine (C=N–C) groups is 1. The van der Waals surface area contributed by atoms with Crippen molar-refractivity contribution in [2.45, 2.75) is 73.3 Å². The molecule has 1 nitrogen and oxygen atoms in total. The van der Waals surface area contributed by atoms with Crippen molar-refractivity contribution in [3.8, 4) is 0 Å². The van der Waals surface area contributed by atoms with Gasteiger partial charge in [-0.2, -0.15) is 0 Å².